The molecular weight excluding hydrogens is 290 g/mol. The second-order valence-electron chi connectivity index (χ2n) is 5.66. The molecular formula is C18H15N3O2. The Hall–Kier alpha value is -3.08. The molecule has 114 valence electrons. The Bertz CT molecular complexity index is 913. The van der Waals surface area contributed by atoms with E-state index >= 15 is 0 Å². The molecule has 3 aromatic rings. The highest BCUT2D eigenvalue weighted by atomic mass is 16.2. The third-order valence-corrected chi connectivity index (χ3v) is 4.14. The van der Waals surface area contributed by atoms with Crippen molar-refractivity contribution in [2.75, 3.05) is 10.6 Å². The Morgan fingerprint density at radius 2 is 2.00 bits per heavy atom. The number of aromatic amines is 1. The van der Waals surface area contributed by atoms with Crippen molar-refractivity contribution in [2.24, 2.45) is 0 Å². The number of aromatic nitrogens is 1. The molecule has 1 aliphatic heterocycles. The maximum atomic E-state index is 12.7. The van der Waals surface area contributed by atoms with Gasteiger partial charge in [-0.25, -0.2) is 0 Å². The van der Waals surface area contributed by atoms with Crippen LogP contribution >= 0.6 is 0 Å². The molecule has 3 N–H and O–H groups in total. The van der Waals surface area contributed by atoms with Gasteiger partial charge in [-0.1, -0.05) is 18.2 Å². The number of para-hydroxylation sites is 1. The predicted octanol–water partition coefficient (Wildman–Crippen LogP) is 3.23. The van der Waals surface area contributed by atoms with Gasteiger partial charge in [0.05, 0.1) is 5.92 Å². The maximum Gasteiger partial charge on any atom is 0.232 e. The van der Waals surface area contributed by atoms with E-state index in [1.165, 1.54) is 0 Å². The summed E-state index contributed by atoms with van der Waals surface area (Å²) >= 11 is 0. The number of hydrogen-bond donors (Lipinski definition) is 3. The molecule has 1 aromatic heterocycles. The summed E-state index contributed by atoms with van der Waals surface area (Å²) in [5.41, 5.74) is 3.31. The number of anilines is 2. The van der Waals surface area contributed by atoms with E-state index in [1.807, 2.05) is 54.7 Å². The fraction of sp³-hybridized carbons (Fsp3) is 0.111. The molecule has 5 nitrogen and oxygen atoms in total. The van der Waals surface area contributed by atoms with Gasteiger partial charge in [0.1, 0.15) is 0 Å². The molecule has 0 saturated heterocycles. The van der Waals surface area contributed by atoms with Crippen LogP contribution in [0.2, 0.25) is 0 Å². The largest absolute Gasteiger partial charge is 0.361 e. The van der Waals surface area contributed by atoms with Crippen LogP contribution in [0.1, 0.15) is 17.9 Å². The second-order valence-corrected chi connectivity index (χ2v) is 5.66. The molecule has 0 fully saturated rings. The van der Waals surface area contributed by atoms with E-state index < -0.39 is 5.92 Å². The lowest BCUT2D eigenvalue weighted by molar-refractivity contribution is -0.123. The standard InChI is InChI=1S/C18H15N3O2/c22-17-10-14(13-3-1-2-4-16(13)21-17)18(23)20-12-5-6-15-11(9-12)7-8-19-15/h1-9,14,19H,10H2,(H,20,23)(H,21,22). The first kappa shape index (κ1) is 13.6. The number of carbonyl (C=O) groups is 2. The van der Waals surface area contributed by atoms with E-state index in [2.05, 4.69) is 15.6 Å². The number of benzene rings is 2. The summed E-state index contributed by atoms with van der Waals surface area (Å²) in [6.45, 7) is 0. The fourth-order valence-corrected chi connectivity index (χ4v) is 3.01. The summed E-state index contributed by atoms with van der Waals surface area (Å²) in [4.78, 5) is 27.6. The molecule has 23 heavy (non-hydrogen) atoms. The van der Waals surface area contributed by atoms with Crippen LogP contribution in [0.5, 0.6) is 0 Å². The van der Waals surface area contributed by atoms with Gasteiger partial charge < -0.3 is 15.6 Å². The van der Waals surface area contributed by atoms with Crippen LogP contribution in [0.4, 0.5) is 11.4 Å². The SMILES string of the molecule is O=C1CC(C(=O)Nc2ccc3[nH]ccc3c2)c2ccccc2N1. The number of fused-ring (bicyclic) bond motifs is 2. The second kappa shape index (κ2) is 5.28. The van der Waals surface area contributed by atoms with Gasteiger partial charge in [0.15, 0.2) is 0 Å². The van der Waals surface area contributed by atoms with Crippen molar-refractivity contribution in [3.63, 3.8) is 0 Å². The van der Waals surface area contributed by atoms with Crippen LogP contribution in [-0.2, 0) is 9.59 Å². The van der Waals surface area contributed by atoms with Crippen LogP contribution in [-0.4, -0.2) is 16.8 Å². The van der Waals surface area contributed by atoms with E-state index in [4.69, 9.17) is 0 Å². The first-order valence-electron chi connectivity index (χ1n) is 7.47. The molecule has 1 atom stereocenters. The highest BCUT2D eigenvalue weighted by Gasteiger charge is 2.30. The van der Waals surface area contributed by atoms with Gasteiger partial charge in [-0.3, -0.25) is 9.59 Å². The average molecular weight is 305 g/mol. The lowest BCUT2D eigenvalue weighted by Gasteiger charge is -2.24. The Morgan fingerprint density at radius 3 is 2.91 bits per heavy atom. The van der Waals surface area contributed by atoms with Gasteiger partial charge in [0.25, 0.3) is 0 Å². The number of amides is 2. The summed E-state index contributed by atoms with van der Waals surface area (Å²) in [6.07, 6.45) is 2.02. The minimum Gasteiger partial charge on any atom is -0.361 e. The number of rotatable bonds is 2. The quantitative estimate of drug-likeness (QED) is 0.680. The molecule has 4 rings (SSSR count). The molecule has 2 heterocycles. The van der Waals surface area contributed by atoms with E-state index in [1.54, 1.807) is 0 Å². The van der Waals surface area contributed by atoms with Crippen LogP contribution in [0.25, 0.3) is 10.9 Å². The van der Waals surface area contributed by atoms with Gasteiger partial charge in [0.2, 0.25) is 11.8 Å². The Morgan fingerprint density at radius 1 is 1.13 bits per heavy atom. The highest BCUT2D eigenvalue weighted by molar-refractivity contribution is 6.05. The van der Waals surface area contributed by atoms with Crippen LogP contribution in [0.3, 0.4) is 0 Å². The lowest BCUT2D eigenvalue weighted by atomic mass is 9.90. The first-order chi connectivity index (χ1) is 11.2. The lowest BCUT2D eigenvalue weighted by Crippen LogP contribution is -2.30. The molecule has 1 aliphatic rings. The van der Waals surface area contributed by atoms with Crippen LogP contribution < -0.4 is 10.6 Å². The number of hydrogen-bond acceptors (Lipinski definition) is 2. The molecule has 0 spiro atoms. The van der Waals surface area contributed by atoms with Crippen LogP contribution in [0.15, 0.2) is 54.7 Å². The summed E-state index contributed by atoms with van der Waals surface area (Å²) < 4.78 is 0. The minimum atomic E-state index is -0.470. The van der Waals surface area contributed by atoms with Gasteiger partial charge in [-0.15, -0.1) is 0 Å². The van der Waals surface area contributed by atoms with E-state index in [-0.39, 0.29) is 18.2 Å². The molecule has 0 bridgehead atoms. The van der Waals surface area contributed by atoms with Gasteiger partial charge in [-0.2, -0.15) is 0 Å². The molecule has 1 unspecified atom stereocenters. The molecule has 0 saturated carbocycles. The zero-order valence-electron chi connectivity index (χ0n) is 12.3. The van der Waals surface area contributed by atoms with E-state index in [9.17, 15) is 9.59 Å². The zero-order valence-corrected chi connectivity index (χ0v) is 12.3. The van der Waals surface area contributed by atoms with Crippen molar-refractivity contribution in [1.82, 2.24) is 4.98 Å². The van der Waals surface area contributed by atoms with E-state index in [0.717, 1.165) is 22.2 Å². The molecule has 2 aromatic carbocycles. The normalized spacial score (nSPS) is 16.7. The Kier molecular flexibility index (Phi) is 3.12. The first-order valence-corrected chi connectivity index (χ1v) is 7.47. The fourth-order valence-electron chi connectivity index (χ4n) is 3.01. The molecule has 5 heteroatoms. The van der Waals surface area contributed by atoms with Crippen molar-refractivity contribution >= 4 is 34.1 Å². The zero-order chi connectivity index (χ0) is 15.8. The smallest absolute Gasteiger partial charge is 0.232 e. The third kappa shape index (κ3) is 2.46. The Balaban J connectivity index is 1.62. The molecule has 2 amide bonds. The molecule has 0 aliphatic carbocycles. The monoisotopic (exact) mass is 305 g/mol. The summed E-state index contributed by atoms with van der Waals surface area (Å²) in [5.74, 6) is -0.769. The highest BCUT2D eigenvalue weighted by Crippen LogP contribution is 2.33. The number of H-pyrrole nitrogens is 1. The van der Waals surface area contributed by atoms with Gasteiger partial charge in [0, 0.05) is 34.9 Å². The summed E-state index contributed by atoms with van der Waals surface area (Å²) in [5, 5.41) is 6.76. The molecule has 0 radical (unpaired) electrons. The van der Waals surface area contributed by atoms with Crippen molar-refractivity contribution in [2.45, 2.75) is 12.3 Å². The maximum absolute atomic E-state index is 12.7. The third-order valence-electron chi connectivity index (χ3n) is 4.14. The topological polar surface area (TPSA) is 74.0 Å². The summed E-state index contributed by atoms with van der Waals surface area (Å²) in [6, 6.07) is 15.1. The average Bonchev–Trinajstić information content (AvgIpc) is 3.01. The van der Waals surface area contributed by atoms with Gasteiger partial charge >= 0.3 is 0 Å². The van der Waals surface area contributed by atoms with Crippen molar-refractivity contribution in [3.05, 3.63) is 60.3 Å². The van der Waals surface area contributed by atoms with Crippen molar-refractivity contribution in [3.8, 4) is 0 Å². The van der Waals surface area contributed by atoms with Gasteiger partial charge in [-0.05, 0) is 35.9 Å². The van der Waals surface area contributed by atoms with E-state index in [0.29, 0.717) is 5.69 Å². The number of nitrogens with one attached hydrogen (secondary N) is 3. The number of carbonyl (C=O) groups excluding carboxylic acids is 2. The predicted molar refractivity (Wildman–Crippen MR) is 89.4 cm³/mol. The minimum absolute atomic E-state index is 0.134. The Labute approximate surface area is 132 Å². The van der Waals surface area contributed by atoms with Crippen LogP contribution in [0, 0.1) is 0 Å². The van der Waals surface area contributed by atoms with Crippen molar-refractivity contribution < 1.29 is 9.59 Å². The van der Waals surface area contributed by atoms with Crippen molar-refractivity contribution in [1.29, 1.82) is 0 Å². The summed E-state index contributed by atoms with van der Waals surface area (Å²) in [7, 11) is 0.